The van der Waals surface area contributed by atoms with E-state index in [0.717, 1.165) is 45.6 Å². The van der Waals surface area contributed by atoms with Crippen LogP contribution in [0.4, 0.5) is 0 Å². The predicted octanol–water partition coefficient (Wildman–Crippen LogP) is -0.157. The number of hydrogen-bond acceptors (Lipinski definition) is 3. The van der Waals surface area contributed by atoms with Crippen molar-refractivity contribution in [2.24, 2.45) is 11.8 Å². The molecule has 0 aromatic carbocycles. The summed E-state index contributed by atoms with van der Waals surface area (Å²) in [6.45, 7) is 4.81. The van der Waals surface area contributed by atoms with Gasteiger partial charge in [-0.3, -0.25) is 4.79 Å². The van der Waals surface area contributed by atoms with Crippen molar-refractivity contribution in [3.8, 4) is 0 Å². The van der Waals surface area contributed by atoms with Gasteiger partial charge < -0.3 is 15.0 Å². The molecule has 1 N–H and O–H groups in total. The van der Waals surface area contributed by atoms with E-state index in [9.17, 15) is 4.79 Å². The highest BCUT2D eigenvalue weighted by molar-refractivity contribution is 5.81. The van der Waals surface area contributed by atoms with Crippen LogP contribution in [0, 0.1) is 11.8 Å². The molecule has 0 radical (unpaired) electrons. The predicted molar refractivity (Wildman–Crippen MR) is 55.4 cm³/mol. The van der Waals surface area contributed by atoms with Crippen LogP contribution in [0.3, 0.4) is 0 Å². The third-order valence-electron chi connectivity index (χ3n) is 3.91. The molecule has 3 saturated heterocycles. The molecule has 0 aromatic heterocycles. The Labute approximate surface area is 90.0 Å². The summed E-state index contributed by atoms with van der Waals surface area (Å²) in [5, 5.41) is 3.38. The Morgan fingerprint density at radius 1 is 1.27 bits per heavy atom. The van der Waals surface area contributed by atoms with Crippen LogP contribution in [0.5, 0.6) is 0 Å². The lowest BCUT2D eigenvalue weighted by Crippen LogP contribution is -2.38. The number of fused-ring (bicyclic) bond motifs is 1. The van der Waals surface area contributed by atoms with Gasteiger partial charge in [-0.1, -0.05) is 0 Å². The number of nitrogens with one attached hydrogen (secondary N) is 1. The number of nitrogens with zero attached hydrogens (tertiary/aromatic N) is 1. The van der Waals surface area contributed by atoms with E-state index in [1.54, 1.807) is 0 Å². The lowest BCUT2D eigenvalue weighted by atomic mass is 10.0. The summed E-state index contributed by atoms with van der Waals surface area (Å²) in [4.78, 5) is 14.1. The Kier molecular flexibility index (Phi) is 2.41. The van der Waals surface area contributed by atoms with Crippen LogP contribution in [0.1, 0.15) is 12.8 Å². The quantitative estimate of drug-likeness (QED) is 0.654. The first-order valence-corrected chi connectivity index (χ1v) is 5.95. The number of carbonyl (C=O) groups excluding carboxylic acids is 1. The number of hydrogen-bond donors (Lipinski definition) is 1. The molecule has 4 heteroatoms. The zero-order chi connectivity index (χ0) is 10.3. The van der Waals surface area contributed by atoms with Gasteiger partial charge in [-0.25, -0.2) is 0 Å². The van der Waals surface area contributed by atoms with Crippen molar-refractivity contribution >= 4 is 5.91 Å². The second-order valence-electron chi connectivity index (χ2n) is 4.92. The van der Waals surface area contributed by atoms with Crippen molar-refractivity contribution < 1.29 is 9.53 Å². The normalized spacial score (nSPS) is 39.7. The van der Waals surface area contributed by atoms with Crippen molar-refractivity contribution in [1.29, 1.82) is 0 Å². The van der Waals surface area contributed by atoms with E-state index < -0.39 is 0 Å². The molecule has 15 heavy (non-hydrogen) atoms. The number of ether oxygens (including phenoxy) is 1. The zero-order valence-electron chi connectivity index (χ0n) is 8.95. The third-order valence-corrected chi connectivity index (χ3v) is 3.91. The van der Waals surface area contributed by atoms with Gasteiger partial charge in [0.05, 0.1) is 0 Å². The maximum Gasteiger partial charge on any atom is 0.251 e. The summed E-state index contributed by atoms with van der Waals surface area (Å²) in [7, 11) is 0. The molecule has 3 heterocycles. The standard InChI is InChI=1S/C11H18N2O2/c14-11(10-2-1-3-15-10)13-6-8-4-12-5-9(8)7-13/h8-10,12H,1-7H2/t8?,9?,10-/m0/s1. The first-order chi connectivity index (χ1) is 7.34. The summed E-state index contributed by atoms with van der Waals surface area (Å²) in [6, 6.07) is 0. The van der Waals surface area contributed by atoms with Gasteiger partial charge in [0.15, 0.2) is 0 Å². The van der Waals surface area contributed by atoms with E-state index in [2.05, 4.69) is 5.32 Å². The summed E-state index contributed by atoms with van der Waals surface area (Å²) in [6.07, 6.45) is 1.83. The summed E-state index contributed by atoms with van der Waals surface area (Å²) in [5.41, 5.74) is 0. The fourth-order valence-electron chi connectivity index (χ4n) is 3.01. The van der Waals surface area contributed by atoms with E-state index in [0.29, 0.717) is 11.8 Å². The molecule has 0 spiro atoms. The Balaban J connectivity index is 1.61. The molecule has 3 atom stereocenters. The minimum atomic E-state index is -0.128. The molecule has 0 aliphatic carbocycles. The van der Waals surface area contributed by atoms with Gasteiger partial charge in [0, 0.05) is 32.8 Å². The molecular formula is C11H18N2O2. The number of amides is 1. The maximum absolute atomic E-state index is 12.1. The summed E-state index contributed by atoms with van der Waals surface area (Å²) >= 11 is 0. The van der Waals surface area contributed by atoms with Gasteiger partial charge in [-0.2, -0.15) is 0 Å². The molecule has 2 unspecified atom stereocenters. The van der Waals surface area contributed by atoms with Crippen molar-refractivity contribution in [2.75, 3.05) is 32.8 Å². The highest BCUT2D eigenvalue weighted by atomic mass is 16.5. The highest BCUT2D eigenvalue weighted by Gasteiger charge is 2.40. The SMILES string of the molecule is O=C([C@@H]1CCCO1)N1CC2CNCC2C1. The first-order valence-electron chi connectivity index (χ1n) is 5.95. The minimum absolute atomic E-state index is 0.128. The Bertz CT molecular complexity index is 251. The Morgan fingerprint density at radius 2 is 2.00 bits per heavy atom. The van der Waals surface area contributed by atoms with Crippen molar-refractivity contribution in [3.05, 3.63) is 0 Å². The molecule has 1 amide bonds. The van der Waals surface area contributed by atoms with Gasteiger partial charge in [0.25, 0.3) is 5.91 Å². The maximum atomic E-state index is 12.1. The smallest absolute Gasteiger partial charge is 0.251 e. The van der Waals surface area contributed by atoms with Crippen LogP contribution in [0.15, 0.2) is 0 Å². The van der Waals surface area contributed by atoms with E-state index in [1.807, 2.05) is 4.90 Å². The van der Waals surface area contributed by atoms with E-state index in [-0.39, 0.29) is 12.0 Å². The number of rotatable bonds is 1. The molecule has 0 saturated carbocycles. The van der Waals surface area contributed by atoms with Crippen molar-refractivity contribution in [1.82, 2.24) is 10.2 Å². The van der Waals surface area contributed by atoms with Crippen LogP contribution >= 0.6 is 0 Å². The van der Waals surface area contributed by atoms with Crippen molar-refractivity contribution in [2.45, 2.75) is 18.9 Å². The number of likely N-dealkylation sites (tertiary alicyclic amines) is 1. The van der Waals surface area contributed by atoms with Crippen LogP contribution in [0.25, 0.3) is 0 Å². The lowest BCUT2D eigenvalue weighted by Gasteiger charge is -2.20. The second kappa shape index (κ2) is 3.76. The molecule has 3 rings (SSSR count). The van der Waals surface area contributed by atoms with Gasteiger partial charge in [-0.05, 0) is 24.7 Å². The molecular weight excluding hydrogens is 192 g/mol. The molecule has 3 fully saturated rings. The average molecular weight is 210 g/mol. The Hall–Kier alpha value is -0.610. The first kappa shape index (κ1) is 9.60. The van der Waals surface area contributed by atoms with Gasteiger partial charge in [0.2, 0.25) is 0 Å². The van der Waals surface area contributed by atoms with E-state index in [4.69, 9.17) is 4.74 Å². The van der Waals surface area contributed by atoms with Crippen LogP contribution in [0.2, 0.25) is 0 Å². The second-order valence-corrected chi connectivity index (χ2v) is 4.92. The molecule has 3 aliphatic rings. The fraction of sp³-hybridized carbons (Fsp3) is 0.909. The van der Waals surface area contributed by atoms with Gasteiger partial charge in [-0.15, -0.1) is 0 Å². The summed E-state index contributed by atoms with van der Waals surface area (Å²) in [5.74, 6) is 1.62. The largest absolute Gasteiger partial charge is 0.368 e. The molecule has 0 aromatic rings. The van der Waals surface area contributed by atoms with Crippen molar-refractivity contribution in [3.63, 3.8) is 0 Å². The topological polar surface area (TPSA) is 41.6 Å². The highest BCUT2D eigenvalue weighted by Crippen LogP contribution is 2.28. The molecule has 0 bridgehead atoms. The minimum Gasteiger partial charge on any atom is -0.368 e. The van der Waals surface area contributed by atoms with Crippen LogP contribution in [-0.2, 0) is 9.53 Å². The van der Waals surface area contributed by atoms with Crippen LogP contribution in [-0.4, -0.2) is 49.7 Å². The van der Waals surface area contributed by atoms with Gasteiger partial charge in [0.1, 0.15) is 6.10 Å². The lowest BCUT2D eigenvalue weighted by molar-refractivity contribution is -0.140. The van der Waals surface area contributed by atoms with E-state index in [1.165, 1.54) is 0 Å². The molecule has 84 valence electrons. The zero-order valence-corrected chi connectivity index (χ0v) is 8.95. The monoisotopic (exact) mass is 210 g/mol. The summed E-state index contributed by atoms with van der Waals surface area (Å²) < 4.78 is 5.44. The number of carbonyl (C=O) groups is 1. The fourth-order valence-corrected chi connectivity index (χ4v) is 3.01. The van der Waals surface area contributed by atoms with Crippen LogP contribution < -0.4 is 5.32 Å². The Morgan fingerprint density at radius 3 is 2.60 bits per heavy atom. The van der Waals surface area contributed by atoms with Gasteiger partial charge >= 0.3 is 0 Å². The molecule has 3 aliphatic heterocycles. The third kappa shape index (κ3) is 1.66. The molecule has 4 nitrogen and oxygen atoms in total. The average Bonchev–Trinajstić information content (AvgIpc) is 2.92. The van der Waals surface area contributed by atoms with E-state index >= 15 is 0 Å².